The molecule has 1 atom stereocenters. The molecule has 6 nitrogen and oxygen atoms in total. The first-order valence-corrected chi connectivity index (χ1v) is 10.3. The molecule has 6 heteroatoms. The van der Waals surface area contributed by atoms with E-state index >= 15 is 0 Å². The van der Waals surface area contributed by atoms with Crippen LogP contribution in [-0.2, 0) is 6.54 Å². The molecule has 2 aromatic rings. The third-order valence-corrected chi connectivity index (χ3v) is 5.95. The second-order valence-electron chi connectivity index (χ2n) is 7.97. The van der Waals surface area contributed by atoms with E-state index in [0.29, 0.717) is 13.1 Å². The average molecular weight is 396 g/mol. The molecule has 2 amide bonds. The Kier molecular flexibility index (Phi) is 5.51. The largest absolute Gasteiger partial charge is 0.493 e. The third-order valence-electron chi connectivity index (χ3n) is 5.95. The summed E-state index contributed by atoms with van der Waals surface area (Å²) in [6.07, 6.45) is 4.86. The minimum absolute atomic E-state index is 0.0203. The third kappa shape index (κ3) is 4.11. The Hall–Kier alpha value is -2.89. The molecule has 29 heavy (non-hydrogen) atoms. The van der Waals surface area contributed by atoms with Gasteiger partial charge in [-0.25, -0.2) is 4.79 Å². The first kappa shape index (κ1) is 19.4. The predicted molar refractivity (Wildman–Crippen MR) is 113 cm³/mol. The normalized spacial score (nSPS) is 19.8. The van der Waals surface area contributed by atoms with E-state index in [1.807, 2.05) is 54.4 Å². The number of benzene rings is 2. The Morgan fingerprint density at radius 1 is 1.07 bits per heavy atom. The molecular formula is C23H29N3O3. The summed E-state index contributed by atoms with van der Waals surface area (Å²) in [5, 5.41) is 0. The molecule has 2 fully saturated rings. The molecule has 1 aliphatic carbocycles. The van der Waals surface area contributed by atoms with Crippen LogP contribution in [0.4, 0.5) is 10.5 Å². The van der Waals surface area contributed by atoms with Gasteiger partial charge in [0.05, 0.1) is 19.3 Å². The maximum atomic E-state index is 12.8. The topological polar surface area (TPSA) is 68.0 Å². The van der Waals surface area contributed by atoms with Crippen molar-refractivity contribution in [3.05, 3.63) is 53.6 Å². The smallest absolute Gasteiger partial charge is 0.320 e. The van der Waals surface area contributed by atoms with Crippen LogP contribution >= 0.6 is 0 Å². The van der Waals surface area contributed by atoms with Crippen molar-refractivity contribution in [2.24, 2.45) is 0 Å². The highest BCUT2D eigenvalue weighted by Crippen LogP contribution is 2.37. The summed E-state index contributed by atoms with van der Waals surface area (Å²) >= 11 is 0. The highest BCUT2D eigenvalue weighted by molar-refractivity contribution is 5.77. The van der Waals surface area contributed by atoms with Crippen LogP contribution in [0, 0.1) is 0 Å². The summed E-state index contributed by atoms with van der Waals surface area (Å²) in [5.41, 5.74) is 8.63. The van der Waals surface area contributed by atoms with Crippen molar-refractivity contribution < 1.29 is 14.3 Å². The number of nitrogen functional groups attached to an aromatic ring is 1. The maximum Gasteiger partial charge on any atom is 0.320 e. The number of carbonyl (C=O) groups is 1. The van der Waals surface area contributed by atoms with Crippen LogP contribution < -0.4 is 15.2 Å². The van der Waals surface area contributed by atoms with Crippen LogP contribution in [0.3, 0.4) is 0 Å². The maximum absolute atomic E-state index is 12.8. The quantitative estimate of drug-likeness (QED) is 0.744. The van der Waals surface area contributed by atoms with Crippen LogP contribution in [0.25, 0.3) is 0 Å². The number of rotatable bonds is 6. The van der Waals surface area contributed by atoms with Crippen molar-refractivity contribution in [3.63, 3.8) is 0 Å². The molecule has 0 radical (unpaired) electrons. The number of carbonyl (C=O) groups excluding carboxylic acids is 1. The Bertz CT molecular complexity index is 862. The zero-order valence-corrected chi connectivity index (χ0v) is 17.1. The zero-order chi connectivity index (χ0) is 20.4. The van der Waals surface area contributed by atoms with E-state index in [1.54, 1.807) is 12.0 Å². The van der Waals surface area contributed by atoms with Gasteiger partial charge >= 0.3 is 6.03 Å². The van der Waals surface area contributed by atoms with Crippen LogP contribution in [-0.4, -0.2) is 42.6 Å². The van der Waals surface area contributed by atoms with E-state index in [1.165, 1.54) is 12.8 Å². The summed E-state index contributed by atoms with van der Waals surface area (Å²) < 4.78 is 11.7. The van der Waals surface area contributed by atoms with Gasteiger partial charge in [0.1, 0.15) is 0 Å². The summed E-state index contributed by atoms with van der Waals surface area (Å²) in [6, 6.07) is 13.7. The van der Waals surface area contributed by atoms with E-state index in [0.717, 1.165) is 41.2 Å². The molecule has 1 unspecified atom stereocenters. The second kappa shape index (κ2) is 8.23. The number of likely N-dealkylation sites (N-methyl/N-ethyl adjacent to an activating group) is 1. The van der Waals surface area contributed by atoms with Crippen molar-refractivity contribution in [1.29, 1.82) is 0 Å². The summed E-state index contributed by atoms with van der Waals surface area (Å²) in [7, 11) is 3.52. The minimum Gasteiger partial charge on any atom is -0.493 e. The number of nitrogens with two attached hydrogens (primary N) is 1. The molecule has 1 saturated carbocycles. The average Bonchev–Trinajstić information content (AvgIpc) is 3.33. The molecule has 0 spiro atoms. The van der Waals surface area contributed by atoms with Gasteiger partial charge in [0.15, 0.2) is 11.5 Å². The number of hydrogen-bond donors (Lipinski definition) is 1. The van der Waals surface area contributed by atoms with E-state index in [9.17, 15) is 4.79 Å². The Labute approximate surface area is 172 Å². The van der Waals surface area contributed by atoms with Crippen LogP contribution in [0.2, 0.25) is 0 Å². The standard InChI is InChI=1S/C23H29N3O3/c1-25-20(15-26(23(25)27)14-16-7-10-18(24)11-8-16)17-9-12-21(28-2)22(13-17)29-19-5-3-4-6-19/h7-13,19-20H,3-6,14-15,24H2,1-2H3. The molecule has 0 aromatic heterocycles. The van der Waals surface area contributed by atoms with Crippen molar-refractivity contribution in [1.82, 2.24) is 9.80 Å². The number of hydrogen-bond acceptors (Lipinski definition) is 4. The Balaban J connectivity index is 1.52. The first-order chi connectivity index (χ1) is 14.0. The van der Waals surface area contributed by atoms with Crippen molar-refractivity contribution in [2.45, 2.75) is 44.4 Å². The number of nitrogens with zero attached hydrogens (tertiary/aromatic N) is 2. The van der Waals surface area contributed by atoms with Gasteiger partial charge < -0.3 is 25.0 Å². The fourth-order valence-corrected chi connectivity index (χ4v) is 4.25. The number of amides is 2. The monoisotopic (exact) mass is 395 g/mol. The van der Waals surface area contributed by atoms with Gasteiger partial charge in [0, 0.05) is 25.8 Å². The van der Waals surface area contributed by atoms with Gasteiger partial charge in [-0.1, -0.05) is 18.2 Å². The van der Waals surface area contributed by atoms with Crippen LogP contribution in [0.15, 0.2) is 42.5 Å². The Morgan fingerprint density at radius 3 is 2.48 bits per heavy atom. The lowest BCUT2D eigenvalue weighted by Crippen LogP contribution is -2.29. The highest BCUT2D eigenvalue weighted by Gasteiger charge is 2.36. The highest BCUT2D eigenvalue weighted by atomic mass is 16.5. The minimum atomic E-state index is -0.0203. The van der Waals surface area contributed by atoms with Gasteiger partial charge in [0.2, 0.25) is 0 Å². The SMILES string of the molecule is COc1ccc(C2CN(Cc3ccc(N)cc3)C(=O)N2C)cc1OC1CCCC1. The lowest BCUT2D eigenvalue weighted by molar-refractivity contribution is 0.193. The Morgan fingerprint density at radius 2 is 1.79 bits per heavy atom. The van der Waals surface area contributed by atoms with Crippen molar-refractivity contribution in [2.75, 3.05) is 26.4 Å². The summed E-state index contributed by atoms with van der Waals surface area (Å²) in [5.74, 6) is 1.51. The van der Waals surface area contributed by atoms with E-state index < -0.39 is 0 Å². The van der Waals surface area contributed by atoms with Crippen LogP contribution in [0.5, 0.6) is 11.5 Å². The predicted octanol–water partition coefficient (Wildman–Crippen LogP) is 4.21. The molecule has 2 aromatic carbocycles. The number of ether oxygens (including phenoxy) is 2. The fourth-order valence-electron chi connectivity index (χ4n) is 4.25. The lowest BCUT2D eigenvalue weighted by atomic mass is 10.1. The molecule has 2 N–H and O–H groups in total. The zero-order valence-electron chi connectivity index (χ0n) is 17.1. The number of methoxy groups -OCH3 is 1. The molecule has 1 aliphatic heterocycles. The van der Waals surface area contributed by atoms with E-state index in [-0.39, 0.29) is 18.2 Å². The van der Waals surface area contributed by atoms with E-state index in [2.05, 4.69) is 0 Å². The second-order valence-corrected chi connectivity index (χ2v) is 7.97. The van der Waals surface area contributed by atoms with Gasteiger partial charge in [-0.3, -0.25) is 0 Å². The van der Waals surface area contributed by atoms with Gasteiger partial charge in [-0.15, -0.1) is 0 Å². The van der Waals surface area contributed by atoms with Gasteiger partial charge in [0.25, 0.3) is 0 Å². The molecular weight excluding hydrogens is 366 g/mol. The van der Waals surface area contributed by atoms with Crippen LogP contribution in [0.1, 0.15) is 42.9 Å². The molecule has 2 aliphatic rings. The lowest BCUT2D eigenvalue weighted by Gasteiger charge is -2.21. The molecule has 1 heterocycles. The van der Waals surface area contributed by atoms with Crippen molar-refractivity contribution in [3.8, 4) is 11.5 Å². The first-order valence-electron chi connectivity index (χ1n) is 10.3. The van der Waals surface area contributed by atoms with Gasteiger partial charge in [-0.05, 0) is 61.1 Å². The number of urea groups is 1. The van der Waals surface area contributed by atoms with Gasteiger partial charge in [-0.2, -0.15) is 0 Å². The summed E-state index contributed by atoms with van der Waals surface area (Å²) in [6.45, 7) is 1.20. The van der Waals surface area contributed by atoms with E-state index in [4.69, 9.17) is 15.2 Å². The fraction of sp³-hybridized carbons (Fsp3) is 0.435. The molecule has 4 rings (SSSR count). The molecule has 0 bridgehead atoms. The van der Waals surface area contributed by atoms with Crippen molar-refractivity contribution >= 4 is 11.7 Å². The molecule has 1 saturated heterocycles. The number of anilines is 1. The molecule has 154 valence electrons. The summed E-state index contributed by atoms with van der Waals surface area (Å²) in [4.78, 5) is 16.5.